The molecule has 3 rings (SSSR count). The van der Waals surface area contributed by atoms with E-state index in [1.807, 2.05) is 73.9 Å². The number of hydrogen-bond acceptors (Lipinski definition) is 5. The van der Waals surface area contributed by atoms with Gasteiger partial charge in [0.1, 0.15) is 0 Å². The minimum atomic E-state index is -0.288. The van der Waals surface area contributed by atoms with Crippen molar-refractivity contribution in [3.8, 4) is 0 Å². The van der Waals surface area contributed by atoms with Crippen LogP contribution >= 0.6 is 11.8 Å². The summed E-state index contributed by atoms with van der Waals surface area (Å²) < 4.78 is 1.97. The topological polar surface area (TPSA) is 76.9 Å². The zero-order valence-corrected chi connectivity index (χ0v) is 18.2. The van der Waals surface area contributed by atoms with Gasteiger partial charge < -0.3 is 9.88 Å². The molecule has 7 heteroatoms. The van der Waals surface area contributed by atoms with Gasteiger partial charge in [-0.1, -0.05) is 74.1 Å². The van der Waals surface area contributed by atoms with Crippen molar-refractivity contribution in [3.05, 3.63) is 77.6 Å². The molecule has 0 aliphatic heterocycles. The highest BCUT2D eigenvalue weighted by Gasteiger charge is 2.26. The smallest absolute Gasteiger partial charge is 0.251 e. The molecular weight excluding hydrogens is 396 g/mol. The van der Waals surface area contributed by atoms with Crippen molar-refractivity contribution in [2.45, 2.75) is 38.5 Å². The van der Waals surface area contributed by atoms with Crippen molar-refractivity contribution in [2.24, 2.45) is 5.92 Å². The van der Waals surface area contributed by atoms with Gasteiger partial charge in [-0.3, -0.25) is 9.59 Å². The quantitative estimate of drug-likeness (QED) is 0.408. The molecule has 0 saturated heterocycles. The van der Waals surface area contributed by atoms with Gasteiger partial charge in [-0.15, -0.1) is 10.2 Å². The Balaban J connectivity index is 1.76. The second-order valence-corrected chi connectivity index (χ2v) is 8.17. The molecule has 0 bridgehead atoms. The van der Waals surface area contributed by atoms with Crippen molar-refractivity contribution < 1.29 is 9.59 Å². The maximum atomic E-state index is 12.7. The normalized spacial score (nSPS) is 12.0. The monoisotopic (exact) mass is 422 g/mol. The molecule has 6 nitrogen and oxygen atoms in total. The largest absolute Gasteiger partial charge is 0.342 e. The number of thioether (sulfide) groups is 1. The fraction of sp³-hybridized carbons (Fsp3) is 0.304. The predicted octanol–water partition coefficient (Wildman–Crippen LogP) is 4.40. The molecular formula is C23H26N4O2S. The molecule has 1 unspecified atom stereocenters. The van der Waals surface area contributed by atoms with E-state index in [0.717, 1.165) is 0 Å². The summed E-state index contributed by atoms with van der Waals surface area (Å²) in [6.07, 6.45) is 0. The van der Waals surface area contributed by atoms with Crippen LogP contribution in [0.3, 0.4) is 0 Å². The number of nitrogens with zero attached hydrogens (tertiary/aromatic N) is 3. The van der Waals surface area contributed by atoms with Gasteiger partial charge in [0.2, 0.25) is 0 Å². The first-order chi connectivity index (χ1) is 14.5. The lowest BCUT2D eigenvalue weighted by atomic mass is 10.0. The second-order valence-electron chi connectivity index (χ2n) is 7.22. The first kappa shape index (κ1) is 21.8. The Bertz CT molecular complexity index is 987. The maximum absolute atomic E-state index is 12.7. The van der Waals surface area contributed by atoms with Gasteiger partial charge in [-0.05, 0) is 25.0 Å². The summed E-state index contributed by atoms with van der Waals surface area (Å²) >= 11 is 1.37. The Kier molecular flexibility index (Phi) is 7.41. The molecule has 2 aromatic carbocycles. The van der Waals surface area contributed by atoms with Gasteiger partial charge in [-0.2, -0.15) is 0 Å². The van der Waals surface area contributed by atoms with Crippen LogP contribution in [0.2, 0.25) is 0 Å². The predicted molar refractivity (Wildman–Crippen MR) is 119 cm³/mol. The SMILES string of the molecule is CCn1c(SCC(=O)c2ccccc2)nnc1C(NC(=O)c1ccccc1)C(C)C. The summed E-state index contributed by atoms with van der Waals surface area (Å²) in [5.74, 6) is 1.01. The molecule has 0 aliphatic carbocycles. The zero-order valence-electron chi connectivity index (χ0n) is 17.4. The average molecular weight is 423 g/mol. The number of carbonyl (C=O) groups is 2. The Morgan fingerprint density at radius 2 is 1.57 bits per heavy atom. The van der Waals surface area contributed by atoms with Crippen molar-refractivity contribution >= 4 is 23.5 Å². The van der Waals surface area contributed by atoms with Gasteiger partial charge >= 0.3 is 0 Å². The number of ketones is 1. The molecule has 0 saturated carbocycles. The highest BCUT2D eigenvalue weighted by atomic mass is 32.2. The van der Waals surface area contributed by atoms with Crippen molar-refractivity contribution in [2.75, 3.05) is 5.75 Å². The summed E-state index contributed by atoms with van der Waals surface area (Å²) in [7, 11) is 0. The van der Waals surface area contributed by atoms with Gasteiger partial charge in [0.05, 0.1) is 11.8 Å². The molecule has 0 radical (unpaired) electrons. The van der Waals surface area contributed by atoms with Crippen LogP contribution in [-0.4, -0.2) is 32.2 Å². The van der Waals surface area contributed by atoms with Crippen LogP contribution < -0.4 is 5.32 Å². The number of rotatable bonds is 9. The standard InChI is InChI=1S/C23H26N4O2S/c1-4-27-21(20(16(2)3)24-22(29)18-13-9-6-10-14-18)25-26-23(27)30-15-19(28)17-11-7-5-8-12-17/h5-14,16,20H,4,15H2,1-3H3,(H,24,29). The number of amides is 1. The molecule has 1 N–H and O–H groups in total. The van der Waals surface area contributed by atoms with Crippen LogP contribution in [0, 0.1) is 5.92 Å². The lowest BCUT2D eigenvalue weighted by molar-refractivity contribution is 0.0921. The van der Waals surface area contributed by atoms with E-state index in [2.05, 4.69) is 15.5 Å². The molecule has 0 spiro atoms. The van der Waals surface area contributed by atoms with E-state index in [1.165, 1.54) is 11.8 Å². The number of aromatic nitrogens is 3. The third-order valence-electron chi connectivity index (χ3n) is 4.76. The van der Waals surface area contributed by atoms with Crippen molar-refractivity contribution in [3.63, 3.8) is 0 Å². The Morgan fingerprint density at radius 3 is 2.13 bits per heavy atom. The Hall–Kier alpha value is -2.93. The van der Waals surface area contributed by atoms with E-state index < -0.39 is 0 Å². The fourth-order valence-electron chi connectivity index (χ4n) is 3.12. The lowest BCUT2D eigenvalue weighted by Crippen LogP contribution is -2.33. The molecule has 3 aromatic rings. The molecule has 30 heavy (non-hydrogen) atoms. The Morgan fingerprint density at radius 1 is 0.967 bits per heavy atom. The zero-order chi connectivity index (χ0) is 21.5. The van der Waals surface area contributed by atoms with E-state index >= 15 is 0 Å². The first-order valence-electron chi connectivity index (χ1n) is 10.0. The van der Waals surface area contributed by atoms with Crippen LogP contribution in [0.5, 0.6) is 0 Å². The minimum Gasteiger partial charge on any atom is -0.342 e. The van der Waals surface area contributed by atoms with E-state index in [-0.39, 0.29) is 29.4 Å². The molecule has 1 amide bonds. The van der Waals surface area contributed by atoms with Crippen LogP contribution in [0.4, 0.5) is 0 Å². The van der Waals surface area contributed by atoms with Crippen molar-refractivity contribution in [1.82, 2.24) is 20.1 Å². The average Bonchev–Trinajstić information content (AvgIpc) is 3.19. The molecule has 1 heterocycles. The highest BCUT2D eigenvalue weighted by molar-refractivity contribution is 7.99. The van der Waals surface area contributed by atoms with E-state index in [4.69, 9.17) is 0 Å². The van der Waals surface area contributed by atoms with Crippen molar-refractivity contribution in [1.29, 1.82) is 0 Å². The summed E-state index contributed by atoms with van der Waals surface area (Å²) in [6.45, 7) is 6.73. The van der Waals surface area contributed by atoms with Crippen LogP contribution in [0.15, 0.2) is 65.8 Å². The molecule has 1 atom stereocenters. The summed E-state index contributed by atoms with van der Waals surface area (Å²) in [5.41, 5.74) is 1.29. The van der Waals surface area contributed by atoms with E-state index in [0.29, 0.717) is 28.7 Å². The third kappa shape index (κ3) is 5.16. The van der Waals surface area contributed by atoms with Gasteiger partial charge in [0.25, 0.3) is 5.91 Å². The Labute approximate surface area is 181 Å². The van der Waals surface area contributed by atoms with Crippen LogP contribution in [0.25, 0.3) is 0 Å². The summed E-state index contributed by atoms with van der Waals surface area (Å²) in [4.78, 5) is 25.1. The number of nitrogens with one attached hydrogen (secondary N) is 1. The highest BCUT2D eigenvalue weighted by Crippen LogP contribution is 2.26. The van der Waals surface area contributed by atoms with Crippen LogP contribution in [-0.2, 0) is 6.54 Å². The summed E-state index contributed by atoms with van der Waals surface area (Å²) in [5, 5.41) is 12.4. The maximum Gasteiger partial charge on any atom is 0.251 e. The fourth-order valence-corrected chi connectivity index (χ4v) is 4.02. The van der Waals surface area contributed by atoms with Gasteiger partial charge in [0.15, 0.2) is 16.8 Å². The molecule has 0 aliphatic rings. The minimum absolute atomic E-state index is 0.0468. The number of hydrogen-bond donors (Lipinski definition) is 1. The first-order valence-corrected chi connectivity index (χ1v) is 11.0. The van der Waals surface area contributed by atoms with Crippen LogP contribution in [0.1, 0.15) is 53.4 Å². The molecule has 0 fully saturated rings. The van der Waals surface area contributed by atoms with E-state index in [9.17, 15) is 9.59 Å². The van der Waals surface area contributed by atoms with E-state index in [1.54, 1.807) is 12.1 Å². The third-order valence-corrected chi connectivity index (χ3v) is 5.72. The molecule has 1 aromatic heterocycles. The second kappa shape index (κ2) is 10.2. The number of carbonyl (C=O) groups excluding carboxylic acids is 2. The lowest BCUT2D eigenvalue weighted by Gasteiger charge is -2.22. The number of benzene rings is 2. The number of Topliss-reactive ketones (excluding diaryl/α,β-unsaturated/α-hetero) is 1. The molecule has 156 valence electrons. The summed E-state index contributed by atoms with van der Waals surface area (Å²) in [6, 6.07) is 18.1. The van der Waals surface area contributed by atoms with Gasteiger partial charge in [0, 0.05) is 17.7 Å². The van der Waals surface area contributed by atoms with Gasteiger partial charge in [-0.25, -0.2) is 0 Å².